The molecule has 0 aliphatic heterocycles. The number of amides is 1. The molecule has 0 fully saturated rings. The molecule has 0 radical (unpaired) electrons. The van der Waals surface area contributed by atoms with E-state index in [4.69, 9.17) is 0 Å². The second kappa shape index (κ2) is 9.66. The van der Waals surface area contributed by atoms with Gasteiger partial charge in [-0.1, -0.05) is 59.5 Å². The van der Waals surface area contributed by atoms with Crippen LogP contribution in [0, 0.1) is 0 Å². The van der Waals surface area contributed by atoms with Crippen LogP contribution in [0.1, 0.15) is 12.0 Å². The summed E-state index contributed by atoms with van der Waals surface area (Å²) in [6, 6.07) is 10.2. The fourth-order valence-electron chi connectivity index (χ4n) is 1.56. The second-order valence-electron chi connectivity index (χ2n) is 4.31. The van der Waals surface area contributed by atoms with Crippen molar-refractivity contribution in [2.75, 3.05) is 16.8 Å². The highest BCUT2D eigenvalue weighted by Crippen LogP contribution is 2.25. The zero-order valence-electron chi connectivity index (χ0n) is 12.0. The number of aromatic nitrogens is 2. The van der Waals surface area contributed by atoms with Crippen molar-refractivity contribution >= 4 is 45.9 Å². The minimum Gasteiger partial charge on any atom is -0.300 e. The van der Waals surface area contributed by atoms with E-state index in [2.05, 4.69) is 34.2 Å². The number of nitrogens with one attached hydrogen (secondary N) is 1. The van der Waals surface area contributed by atoms with E-state index in [9.17, 15) is 4.79 Å². The number of hydrogen-bond donors (Lipinski definition) is 1. The van der Waals surface area contributed by atoms with Crippen LogP contribution in [-0.2, 0) is 10.5 Å². The molecule has 0 saturated carbocycles. The third kappa shape index (κ3) is 6.21. The van der Waals surface area contributed by atoms with Crippen LogP contribution in [0.25, 0.3) is 0 Å². The molecule has 0 aliphatic rings. The van der Waals surface area contributed by atoms with Crippen molar-refractivity contribution in [1.29, 1.82) is 0 Å². The first-order chi connectivity index (χ1) is 10.8. The highest BCUT2D eigenvalue weighted by atomic mass is 32.2. The molecule has 0 unspecified atom stereocenters. The number of rotatable bonds is 9. The average molecular weight is 352 g/mol. The van der Waals surface area contributed by atoms with Crippen LogP contribution in [0.2, 0.25) is 0 Å². The van der Waals surface area contributed by atoms with Gasteiger partial charge in [0, 0.05) is 23.7 Å². The molecule has 1 aromatic carbocycles. The first-order valence-electron chi connectivity index (χ1n) is 6.76. The summed E-state index contributed by atoms with van der Waals surface area (Å²) in [6.07, 6.45) is 2.29. The molecular formula is C15H17N3OS3. The van der Waals surface area contributed by atoms with E-state index in [0.717, 1.165) is 21.6 Å². The molecule has 2 aromatic rings. The number of thioether (sulfide) groups is 2. The van der Waals surface area contributed by atoms with Crippen molar-refractivity contribution in [2.24, 2.45) is 0 Å². The minimum atomic E-state index is -0.0167. The molecule has 0 bridgehead atoms. The largest absolute Gasteiger partial charge is 0.300 e. The van der Waals surface area contributed by atoms with Crippen LogP contribution in [-0.4, -0.2) is 27.6 Å². The Hall–Kier alpha value is -1.31. The molecule has 1 N–H and O–H groups in total. The van der Waals surface area contributed by atoms with Crippen molar-refractivity contribution < 1.29 is 4.79 Å². The van der Waals surface area contributed by atoms with Gasteiger partial charge in [0.05, 0.1) is 0 Å². The first kappa shape index (κ1) is 17.1. The highest BCUT2D eigenvalue weighted by Gasteiger charge is 2.08. The Labute approximate surface area is 142 Å². The summed E-state index contributed by atoms with van der Waals surface area (Å²) in [5.74, 6) is 2.49. The molecule has 1 amide bonds. The zero-order valence-corrected chi connectivity index (χ0v) is 14.5. The standard InChI is InChI=1S/C15H17N3OS3/c1-2-9-21-15-18-17-14(22-15)16-13(19)8-10-20-11-12-6-4-3-5-7-12/h2-7H,1,8-11H2,(H,16,17,19). The van der Waals surface area contributed by atoms with Gasteiger partial charge in [-0.3, -0.25) is 4.79 Å². The lowest BCUT2D eigenvalue weighted by molar-refractivity contribution is -0.115. The highest BCUT2D eigenvalue weighted by molar-refractivity contribution is 8.01. The summed E-state index contributed by atoms with van der Waals surface area (Å²) < 4.78 is 0.841. The van der Waals surface area contributed by atoms with E-state index >= 15 is 0 Å². The maximum absolute atomic E-state index is 11.8. The van der Waals surface area contributed by atoms with Gasteiger partial charge in [0.25, 0.3) is 0 Å². The quantitative estimate of drug-likeness (QED) is 0.319. The van der Waals surface area contributed by atoms with Gasteiger partial charge in [0.15, 0.2) is 4.34 Å². The van der Waals surface area contributed by atoms with Gasteiger partial charge < -0.3 is 5.32 Å². The predicted octanol–water partition coefficient (Wildman–Crippen LogP) is 4.08. The third-order valence-corrected chi connectivity index (χ3v) is 5.56. The Morgan fingerprint density at radius 3 is 2.91 bits per heavy atom. The summed E-state index contributed by atoms with van der Waals surface area (Å²) in [5, 5.41) is 11.3. The summed E-state index contributed by atoms with van der Waals surface area (Å²) in [4.78, 5) is 11.8. The van der Waals surface area contributed by atoms with E-state index in [0.29, 0.717) is 11.6 Å². The van der Waals surface area contributed by atoms with E-state index in [1.807, 2.05) is 24.3 Å². The first-order valence-corrected chi connectivity index (χ1v) is 9.72. The van der Waals surface area contributed by atoms with E-state index < -0.39 is 0 Å². The summed E-state index contributed by atoms with van der Waals surface area (Å²) >= 11 is 4.70. The van der Waals surface area contributed by atoms with E-state index in [-0.39, 0.29) is 5.91 Å². The molecule has 22 heavy (non-hydrogen) atoms. The molecule has 0 spiro atoms. The fraction of sp³-hybridized carbons (Fsp3) is 0.267. The van der Waals surface area contributed by atoms with Crippen molar-refractivity contribution in [1.82, 2.24) is 10.2 Å². The Morgan fingerprint density at radius 1 is 1.32 bits per heavy atom. The van der Waals surface area contributed by atoms with Crippen LogP contribution >= 0.6 is 34.9 Å². The number of hydrogen-bond acceptors (Lipinski definition) is 6. The topological polar surface area (TPSA) is 54.9 Å². The summed E-state index contributed by atoms with van der Waals surface area (Å²) in [6.45, 7) is 3.66. The normalized spacial score (nSPS) is 10.4. The Kier molecular flexibility index (Phi) is 7.48. The number of carbonyl (C=O) groups is 1. The third-order valence-electron chi connectivity index (χ3n) is 2.56. The SMILES string of the molecule is C=CCSc1nnc(NC(=O)CCSCc2ccccc2)s1. The van der Waals surface area contributed by atoms with Gasteiger partial charge in [-0.15, -0.1) is 16.8 Å². The zero-order chi connectivity index (χ0) is 15.6. The van der Waals surface area contributed by atoms with Gasteiger partial charge in [-0.05, 0) is 5.56 Å². The molecule has 1 heterocycles. The van der Waals surface area contributed by atoms with E-state index in [1.54, 1.807) is 23.5 Å². The lowest BCUT2D eigenvalue weighted by atomic mass is 10.2. The molecular weight excluding hydrogens is 334 g/mol. The monoisotopic (exact) mass is 351 g/mol. The molecule has 0 aliphatic carbocycles. The maximum Gasteiger partial charge on any atom is 0.227 e. The van der Waals surface area contributed by atoms with Gasteiger partial charge in [-0.25, -0.2) is 0 Å². The summed E-state index contributed by atoms with van der Waals surface area (Å²) in [7, 11) is 0. The average Bonchev–Trinajstić information content (AvgIpc) is 2.98. The number of nitrogens with zero attached hydrogens (tertiary/aromatic N) is 2. The van der Waals surface area contributed by atoms with Gasteiger partial charge in [0.1, 0.15) is 0 Å². The van der Waals surface area contributed by atoms with Crippen LogP contribution in [0.5, 0.6) is 0 Å². The Bertz CT molecular complexity index is 601. The Balaban J connectivity index is 1.65. The number of carbonyl (C=O) groups excluding carboxylic acids is 1. The van der Waals surface area contributed by atoms with Crippen LogP contribution < -0.4 is 5.32 Å². The van der Waals surface area contributed by atoms with Crippen molar-refractivity contribution in [3.8, 4) is 0 Å². The lowest BCUT2D eigenvalue weighted by Crippen LogP contribution is -2.12. The molecule has 1 aromatic heterocycles. The Morgan fingerprint density at radius 2 is 2.14 bits per heavy atom. The van der Waals surface area contributed by atoms with Gasteiger partial charge in [-0.2, -0.15) is 11.8 Å². The molecule has 116 valence electrons. The minimum absolute atomic E-state index is 0.0167. The predicted molar refractivity (Wildman–Crippen MR) is 96.7 cm³/mol. The molecule has 4 nitrogen and oxygen atoms in total. The van der Waals surface area contributed by atoms with Crippen molar-refractivity contribution in [3.63, 3.8) is 0 Å². The van der Waals surface area contributed by atoms with Gasteiger partial charge in [0.2, 0.25) is 11.0 Å². The van der Waals surface area contributed by atoms with Gasteiger partial charge >= 0.3 is 0 Å². The fourth-order valence-corrected chi connectivity index (χ4v) is 3.99. The number of anilines is 1. The molecule has 7 heteroatoms. The maximum atomic E-state index is 11.8. The van der Waals surface area contributed by atoms with Crippen molar-refractivity contribution in [3.05, 3.63) is 48.6 Å². The van der Waals surface area contributed by atoms with E-state index in [1.165, 1.54) is 16.9 Å². The van der Waals surface area contributed by atoms with Crippen LogP contribution in [0.4, 0.5) is 5.13 Å². The molecule has 0 saturated heterocycles. The molecule has 2 rings (SSSR count). The van der Waals surface area contributed by atoms with Crippen LogP contribution in [0.3, 0.4) is 0 Å². The second-order valence-corrected chi connectivity index (χ2v) is 7.66. The summed E-state index contributed by atoms with van der Waals surface area (Å²) in [5.41, 5.74) is 1.28. The lowest BCUT2D eigenvalue weighted by Gasteiger charge is -2.02. The molecule has 0 atom stereocenters. The smallest absolute Gasteiger partial charge is 0.227 e. The van der Waals surface area contributed by atoms with Crippen molar-refractivity contribution in [2.45, 2.75) is 16.5 Å². The number of benzene rings is 1. The van der Waals surface area contributed by atoms with Crippen LogP contribution in [0.15, 0.2) is 47.3 Å².